The van der Waals surface area contributed by atoms with Gasteiger partial charge in [0.15, 0.2) is 0 Å². The van der Waals surface area contributed by atoms with Crippen LogP contribution in [-0.4, -0.2) is 26.8 Å². The van der Waals surface area contributed by atoms with E-state index in [0.29, 0.717) is 0 Å². The third kappa shape index (κ3) is 4.52. The van der Waals surface area contributed by atoms with Gasteiger partial charge in [0.2, 0.25) is 0 Å². The predicted molar refractivity (Wildman–Crippen MR) is 57.6 cm³/mol. The number of hydrogen-bond acceptors (Lipinski definition) is 3. The van der Waals surface area contributed by atoms with Crippen molar-refractivity contribution in [3.05, 3.63) is 10.8 Å². The molecule has 0 aliphatic carbocycles. The maximum absolute atomic E-state index is 5.28. The fourth-order valence-corrected chi connectivity index (χ4v) is 1.50. The Balaban J connectivity index is 2.10. The monoisotopic (exact) mass is 248 g/mol. The smallest absolute Gasteiger partial charge is 0.0936 e. The molecule has 13 heavy (non-hydrogen) atoms. The molecule has 1 fully saturated rings. The summed E-state index contributed by atoms with van der Waals surface area (Å²) >= 11 is 3.36. The fourth-order valence-electron chi connectivity index (χ4n) is 1.34. The molecule has 0 aromatic rings. The normalized spacial score (nSPS) is 20.0. The third-order valence-electron chi connectivity index (χ3n) is 2.22. The molecule has 1 aliphatic heterocycles. The van der Waals surface area contributed by atoms with Gasteiger partial charge in [-0.2, -0.15) is 0 Å². The first kappa shape index (κ1) is 10.9. The quantitative estimate of drug-likeness (QED) is 0.739. The molecule has 0 aromatic heterocycles. The van der Waals surface area contributed by atoms with E-state index in [4.69, 9.17) is 4.74 Å². The molecule has 0 atom stereocenters. The minimum atomic E-state index is 0.766. The highest BCUT2D eigenvalue weighted by Crippen LogP contribution is 2.13. The third-order valence-corrected chi connectivity index (χ3v) is 2.84. The SMILES string of the molecule is CN/C(Br)=C\NCC1CCOCC1. The summed E-state index contributed by atoms with van der Waals surface area (Å²) in [7, 11) is 1.89. The molecule has 1 rings (SSSR count). The molecule has 2 N–H and O–H groups in total. The van der Waals surface area contributed by atoms with Crippen molar-refractivity contribution in [2.24, 2.45) is 5.92 Å². The van der Waals surface area contributed by atoms with Gasteiger partial charge in [0.1, 0.15) is 0 Å². The van der Waals surface area contributed by atoms with Crippen LogP contribution in [0.15, 0.2) is 10.8 Å². The molecule has 0 unspecified atom stereocenters. The minimum absolute atomic E-state index is 0.766. The second-order valence-electron chi connectivity index (χ2n) is 3.21. The van der Waals surface area contributed by atoms with Crippen LogP contribution in [0.25, 0.3) is 0 Å². The Morgan fingerprint density at radius 2 is 2.23 bits per heavy atom. The van der Waals surface area contributed by atoms with Crippen LogP contribution in [0.3, 0.4) is 0 Å². The molecule has 0 radical (unpaired) electrons. The summed E-state index contributed by atoms with van der Waals surface area (Å²) in [6.07, 6.45) is 4.31. The van der Waals surface area contributed by atoms with Crippen molar-refractivity contribution in [2.45, 2.75) is 12.8 Å². The molecule has 76 valence electrons. The molecule has 0 spiro atoms. The Kier molecular flexibility index (Phi) is 5.23. The Labute approximate surface area is 88.0 Å². The van der Waals surface area contributed by atoms with Gasteiger partial charge in [-0.3, -0.25) is 0 Å². The van der Waals surface area contributed by atoms with Gasteiger partial charge in [0.05, 0.1) is 4.61 Å². The molecule has 0 saturated carbocycles. The lowest BCUT2D eigenvalue weighted by molar-refractivity contribution is 0.0672. The molecule has 3 nitrogen and oxygen atoms in total. The number of ether oxygens (including phenoxy) is 1. The molecule has 0 bridgehead atoms. The molecule has 4 heteroatoms. The van der Waals surface area contributed by atoms with Gasteiger partial charge in [0.25, 0.3) is 0 Å². The summed E-state index contributed by atoms with van der Waals surface area (Å²) in [5.74, 6) is 0.766. The van der Waals surface area contributed by atoms with E-state index in [2.05, 4.69) is 26.6 Å². The van der Waals surface area contributed by atoms with E-state index in [1.807, 2.05) is 13.2 Å². The summed E-state index contributed by atoms with van der Waals surface area (Å²) < 4.78 is 6.27. The van der Waals surface area contributed by atoms with Crippen LogP contribution in [0.4, 0.5) is 0 Å². The molecule has 0 aromatic carbocycles. The van der Waals surface area contributed by atoms with Crippen molar-refractivity contribution in [2.75, 3.05) is 26.8 Å². The molecule has 1 heterocycles. The molecule has 1 aliphatic rings. The Morgan fingerprint density at radius 1 is 1.54 bits per heavy atom. The van der Waals surface area contributed by atoms with Crippen LogP contribution in [0.2, 0.25) is 0 Å². The maximum atomic E-state index is 5.28. The highest BCUT2D eigenvalue weighted by Gasteiger charge is 2.12. The van der Waals surface area contributed by atoms with Crippen molar-refractivity contribution in [1.29, 1.82) is 0 Å². The summed E-state index contributed by atoms with van der Waals surface area (Å²) in [5.41, 5.74) is 0. The van der Waals surface area contributed by atoms with Crippen molar-refractivity contribution in [3.8, 4) is 0 Å². The second kappa shape index (κ2) is 6.27. The maximum Gasteiger partial charge on any atom is 0.0936 e. The molecule has 0 amide bonds. The summed E-state index contributed by atoms with van der Waals surface area (Å²) in [5, 5.41) is 6.27. The average molecular weight is 249 g/mol. The van der Waals surface area contributed by atoms with Crippen LogP contribution in [0, 0.1) is 5.92 Å². The van der Waals surface area contributed by atoms with Crippen LogP contribution in [0.1, 0.15) is 12.8 Å². The molecular formula is C9H17BrN2O. The molecule has 1 saturated heterocycles. The van der Waals surface area contributed by atoms with Gasteiger partial charge in [-0.1, -0.05) is 0 Å². The highest BCUT2D eigenvalue weighted by molar-refractivity contribution is 9.11. The van der Waals surface area contributed by atoms with Crippen LogP contribution >= 0.6 is 15.9 Å². The van der Waals surface area contributed by atoms with Crippen molar-refractivity contribution in [1.82, 2.24) is 10.6 Å². The lowest BCUT2D eigenvalue weighted by atomic mass is 10.0. The second-order valence-corrected chi connectivity index (χ2v) is 4.06. The van der Waals surface area contributed by atoms with E-state index >= 15 is 0 Å². The number of halogens is 1. The van der Waals surface area contributed by atoms with Crippen molar-refractivity contribution < 1.29 is 4.74 Å². The van der Waals surface area contributed by atoms with E-state index in [1.165, 1.54) is 12.8 Å². The first-order valence-electron chi connectivity index (χ1n) is 4.67. The molecular weight excluding hydrogens is 232 g/mol. The van der Waals surface area contributed by atoms with Crippen LogP contribution in [0.5, 0.6) is 0 Å². The van der Waals surface area contributed by atoms with Crippen molar-refractivity contribution >= 4 is 15.9 Å². The Morgan fingerprint density at radius 3 is 2.85 bits per heavy atom. The zero-order valence-corrected chi connectivity index (χ0v) is 9.56. The first-order valence-corrected chi connectivity index (χ1v) is 5.46. The Hall–Kier alpha value is -0.220. The van der Waals surface area contributed by atoms with E-state index in [0.717, 1.165) is 30.3 Å². The van der Waals surface area contributed by atoms with E-state index < -0.39 is 0 Å². The topological polar surface area (TPSA) is 33.3 Å². The van der Waals surface area contributed by atoms with Gasteiger partial charge in [-0.05, 0) is 34.7 Å². The fraction of sp³-hybridized carbons (Fsp3) is 0.778. The first-order chi connectivity index (χ1) is 6.33. The standard InChI is InChI=1S/C9H17BrN2O/c1-11-9(10)7-12-6-8-2-4-13-5-3-8/h7-8,11-12H,2-6H2,1H3/b9-7-. The average Bonchev–Trinajstić information content (AvgIpc) is 2.19. The zero-order chi connectivity index (χ0) is 9.52. The number of hydrogen-bond donors (Lipinski definition) is 2. The lowest BCUT2D eigenvalue weighted by Crippen LogP contribution is -2.25. The van der Waals surface area contributed by atoms with E-state index in [1.54, 1.807) is 0 Å². The van der Waals surface area contributed by atoms with E-state index in [9.17, 15) is 0 Å². The summed E-state index contributed by atoms with van der Waals surface area (Å²) in [6.45, 7) is 2.88. The van der Waals surface area contributed by atoms with Gasteiger partial charge < -0.3 is 15.4 Å². The van der Waals surface area contributed by atoms with Gasteiger partial charge in [-0.15, -0.1) is 0 Å². The number of rotatable bonds is 4. The largest absolute Gasteiger partial charge is 0.389 e. The summed E-state index contributed by atoms with van der Waals surface area (Å²) in [4.78, 5) is 0. The predicted octanol–water partition coefficient (Wildman–Crippen LogP) is 1.42. The van der Waals surface area contributed by atoms with Crippen LogP contribution < -0.4 is 10.6 Å². The zero-order valence-electron chi connectivity index (χ0n) is 7.98. The Bertz CT molecular complexity index is 167. The van der Waals surface area contributed by atoms with E-state index in [-0.39, 0.29) is 0 Å². The van der Waals surface area contributed by atoms with Crippen molar-refractivity contribution in [3.63, 3.8) is 0 Å². The van der Waals surface area contributed by atoms with Gasteiger partial charge in [-0.25, -0.2) is 0 Å². The summed E-state index contributed by atoms with van der Waals surface area (Å²) in [6, 6.07) is 0. The lowest BCUT2D eigenvalue weighted by Gasteiger charge is -2.21. The van der Waals surface area contributed by atoms with Gasteiger partial charge in [0, 0.05) is 33.0 Å². The minimum Gasteiger partial charge on any atom is -0.389 e. The van der Waals surface area contributed by atoms with Gasteiger partial charge >= 0.3 is 0 Å². The number of nitrogens with one attached hydrogen (secondary N) is 2. The highest BCUT2D eigenvalue weighted by atomic mass is 79.9. The van der Waals surface area contributed by atoms with Crippen LogP contribution in [-0.2, 0) is 4.74 Å².